The van der Waals surface area contributed by atoms with E-state index in [9.17, 15) is 0 Å². The molecule has 0 aromatic rings. The van der Waals surface area contributed by atoms with Gasteiger partial charge in [-0.05, 0) is 11.0 Å². The van der Waals surface area contributed by atoms with Crippen molar-refractivity contribution in [2.45, 2.75) is 0 Å². The summed E-state index contributed by atoms with van der Waals surface area (Å²) < 4.78 is 0. The molecule has 0 unspecified atom stereocenters. The van der Waals surface area contributed by atoms with Gasteiger partial charge in [-0.2, -0.15) is 0 Å². The van der Waals surface area contributed by atoms with E-state index in [1.54, 1.807) is 0 Å². The van der Waals surface area contributed by atoms with Crippen LogP contribution < -0.4 is 0 Å². The van der Waals surface area contributed by atoms with E-state index in [0.29, 0.717) is 0 Å². The molecule has 1 radical (unpaired) electrons. The van der Waals surface area contributed by atoms with Crippen LogP contribution in [0.4, 0.5) is 0 Å². The summed E-state index contributed by atoms with van der Waals surface area (Å²) in [7, 11) is 0. The molecule has 0 spiro atoms. The number of rotatable bonds is 0. The van der Waals surface area contributed by atoms with Crippen LogP contribution in [-0.2, 0) is 33.6 Å². The van der Waals surface area contributed by atoms with Crippen LogP contribution in [0.2, 0.25) is 0 Å². The molecule has 0 aromatic carbocycles. The zero-order valence-electron chi connectivity index (χ0n) is 4.38. The van der Waals surface area contributed by atoms with Crippen LogP contribution in [0.1, 0.15) is 2.85 Å². The van der Waals surface area contributed by atoms with E-state index in [-0.39, 0.29) is 70.4 Å². The zero-order valence-corrected chi connectivity index (χ0v) is 7.88. The molecule has 0 amide bonds. The summed E-state index contributed by atoms with van der Waals surface area (Å²) in [4.78, 5) is 0. The fourth-order valence-corrected chi connectivity index (χ4v) is 0. The van der Waals surface area contributed by atoms with Crippen LogP contribution >= 0.6 is 0 Å². The molecule has 0 nitrogen and oxygen atoms in total. The Morgan fingerprint density at radius 3 is 1.25 bits per heavy atom. The smallest absolute Gasteiger partial charge is 1.00 e. The predicted octanol–water partition coefficient (Wildman–Crippen LogP) is -1.34. The minimum Gasteiger partial charge on any atom is -1.00 e. The molecule has 0 aliphatic heterocycles. The van der Waals surface area contributed by atoms with Crippen LogP contribution in [0.3, 0.4) is 0 Å². The van der Waals surface area contributed by atoms with Gasteiger partial charge < -0.3 is 2.85 Å². The minimum absolute atomic E-state index is 0. The second-order valence-corrected chi connectivity index (χ2v) is 0. The van der Waals surface area contributed by atoms with Gasteiger partial charge in [0.05, 0.1) is 0 Å². The van der Waals surface area contributed by atoms with Gasteiger partial charge in [0.1, 0.15) is 0 Å². The fourth-order valence-electron chi connectivity index (χ4n) is 0. The average molecular weight is 172 g/mol. The molecule has 0 saturated carbocycles. The van der Waals surface area contributed by atoms with E-state index in [0.717, 1.165) is 0 Å². The average Bonchev–Trinajstić information content (AvgIpc) is 0. The molecule has 0 aliphatic rings. The van der Waals surface area contributed by atoms with E-state index >= 15 is 0 Å². The van der Waals surface area contributed by atoms with Crippen molar-refractivity contribution in [1.29, 1.82) is 0 Å². The van der Waals surface area contributed by atoms with Crippen molar-refractivity contribution in [3.05, 3.63) is 0 Å². The van der Waals surface area contributed by atoms with Gasteiger partial charge in [0.2, 0.25) is 0 Å². The molecule has 0 aromatic heterocycles. The van der Waals surface area contributed by atoms with Crippen molar-refractivity contribution in [2.24, 2.45) is 0 Å². The molecule has 0 saturated heterocycles. The Bertz CT molecular complexity index is 13.5. The van der Waals surface area contributed by atoms with Crippen molar-refractivity contribution in [1.82, 2.24) is 0 Å². The van der Waals surface area contributed by atoms with Gasteiger partial charge in [-0.15, -0.1) is 0 Å². The summed E-state index contributed by atoms with van der Waals surface area (Å²) in [5.41, 5.74) is 0. The van der Waals surface area contributed by atoms with Gasteiger partial charge in [0.15, 0.2) is 0 Å². The predicted molar refractivity (Wildman–Crippen MR) is 17.9 cm³/mol. The van der Waals surface area contributed by atoms with Crippen LogP contribution in [0.15, 0.2) is 0 Å². The summed E-state index contributed by atoms with van der Waals surface area (Å²) in [6.07, 6.45) is 0. The fraction of sp³-hybridized carbons (Fsp3) is 0. The largest absolute Gasteiger partial charge is 2.00 e. The molecule has 29 valence electrons. The first-order valence-electron chi connectivity index (χ1n) is 0. The van der Waals surface area contributed by atoms with Gasteiger partial charge in [-0.3, -0.25) is 0 Å². The molecule has 0 rings (SSSR count). The minimum atomic E-state index is 0. The molecule has 0 bridgehead atoms. The van der Waals surface area contributed by atoms with E-state index in [2.05, 4.69) is 0 Å². The second-order valence-electron chi connectivity index (χ2n) is 0. The molecule has 0 N–H and O–H groups in total. The van der Waals surface area contributed by atoms with E-state index in [1.807, 2.05) is 0 Å². The molecule has 4 heteroatoms. The molecule has 4 heavy (non-hydrogen) atoms. The zero-order chi connectivity index (χ0) is 0. The van der Waals surface area contributed by atoms with Crippen molar-refractivity contribution in [3.8, 4) is 0 Å². The Morgan fingerprint density at radius 1 is 1.25 bits per heavy atom. The first kappa shape index (κ1) is 37.6. The molecule has 0 fully saturated rings. The van der Waals surface area contributed by atoms with E-state index in [4.69, 9.17) is 0 Å². The van der Waals surface area contributed by atoms with E-state index < -0.39 is 0 Å². The maximum atomic E-state index is 0. The normalized spacial score (nSPS) is 0. The van der Waals surface area contributed by atoms with Gasteiger partial charge in [-0.1, -0.05) is 0 Å². The van der Waals surface area contributed by atoms with Crippen molar-refractivity contribution in [2.75, 3.05) is 0 Å². The summed E-state index contributed by atoms with van der Waals surface area (Å²) in [6.45, 7) is 0. The van der Waals surface area contributed by atoms with Crippen LogP contribution in [-0.4, -0.2) is 34.0 Å². The van der Waals surface area contributed by atoms with Crippen molar-refractivity contribution < 1.29 is 36.4 Å². The molecular weight excluding hydrogens is 167 g/mol. The van der Waals surface area contributed by atoms with Gasteiger partial charge >= 0.3 is 23.1 Å². The van der Waals surface area contributed by atoms with Crippen molar-refractivity contribution >= 4 is 34.0 Å². The third kappa shape index (κ3) is 9.00. The van der Waals surface area contributed by atoms with E-state index in [1.165, 1.54) is 0 Å². The third-order valence-electron chi connectivity index (χ3n) is 0. The van der Waals surface area contributed by atoms with Crippen LogP contribution in [0, 0.1) is 0 Å². The summed E-state index contributed by atoms with van der Waals surface area (Å²) >= 11 is 0. The summed E-state index contributed by atoms with van der Waals surface area (Å²) in [6, 6.07) is 0. The van der Waals surface area contributed by atoms with Crippen molar-refractivity contribution in [3.63, 3.8) is 0 Å². The standard InChI is InChI=1S/Fe.Mg.Ni.H3Si.2H/h;;;1H3;;/q;+2;;;2*-1. The maximum absolute atomic E-state index is 0. The molecule has 0 atom stereocenters. The Labute approximate surface area is 70.0 Å². The molecule has 0 aliphatic carbocycles. The van der Waals surface area contributed by atoms with Gasteiger partial charge in [0, 0.05) is 33.6 Å². The maximum Gasteiger partial charge on any atom is 2.00 e. The summed E-state index contributed by atoms with van der Waals surface area (Å²) in [5, 5.41) is 0. The first-order valence-corrected chi connectivity index (χ1v) is 0. The Balaban J connectivity index is 0. The summed E-state index contributed by atoms with van der Waals surface area (Å²) in [5.74, 6) is 0. The van der Waals surface area contributed by atoms with Gasteiger partial charge in [-0.25, -0.2) is 0 Å². The Morgan fingerprint density at radius 2 is 1.25 bits per heavy atom. The Kier molecular flexibility index (Phi) is 188. The van der Waals surface area contributed by atoms with Crippen LogP contribution in [0.5, 0.6) is 0 Å². The Hall–Kier alpha value is 2.00. The topological polar surface area (TPSA) is 0 Å². The first-order chi connectivity index (χ1) is 0. The molecule has 0 heterocycles. The van der Waals surface area contributed by atoms with Gasteiger partial charge in [0.25, 0.3) is 0 Å². The molecular formula is H5FeMgNiSi. The van der Waals surface area contributed by atoms with Crippen LogP contribution in [0.25, 0.3) is 0 Å². The monoisotopic (exact) mass is 171 g/mol. The number of hydrogen-bond acceptors (Lipinski definition) is 0. The second kappa shape index (κ2) is 20.0. The quantitative estimate of drug-likeness (QED) is 0.396. The third-order valence-corrected chi connectivity index (χ3v) is 0. The number of hydrogen-bond donors (Lipinski definition) is 0. The SMILES string of the molecule is [Fe].[H-].[H-].[Mg+2].[Ni].[SiH3].